The summed E-state index contributed by atoms with van der Waals surface area (Å²) in [4.78, 5) is 16.7. The van der Waals surface area contributed by atoms with Crippen LogP contribution in [-0.4, -0.2) is 15.5 Å². The van der Waals surface area contributed by atoms with E-state index in [1.807, 2.05) is 72.3 Å². The van der Waals surface area contributed by atoms with E-state index in [9.17, 15) is 4.79 Å². The summed E-state index contributed by atoms with van der Waals surface area (Å²) in [6.45, 7) is 2.77. The first kappa shape index (κ1) is 16.0. The molecule has 0 aliphatic carbocycles. The van der Waals surface area contributed by atoms with Crippen molar-refractivity contribution in [2.75, 3.05) is 5.32 Å². The quantitative estimate of drug-likeness (QED) is 0.744. The first-order valence-electron chi connectivity index (χ1n) is 8.16. The highest BCUT2D eigenvalue weighted by molar-refractivity contribution is 5.95. The van der Waals surface area contributed by atoms with Gasteiger partial charge in [0, 0.05) is 24.6 Å². The number of carbonyl (C=O) groups is 1. The number of carbonyl (C=O) groups excluding carboxylic acids is 1. The molecule has 0 fully saturated rings. The van der Waals surface area contributed by atoms with Gasteiger partial charge in [-0.1, -0.05) is 49.4 Å². The van der Waals surface area contributed by atoms with Crippen LogP contribution in [0.4, 0.5) is 5.69 Å². The molecule has 122 valence electrons. The maximum Gasteiger partial charge on any atom is 0.231 e. The van der Waals surface area contributed by atoms with E-state index < -0.39 is 0 Å². The minimum absolute atomic E-state index is 0.0310. The van der Waals surface area contributed by atoms with Gasteiger partial charge in [-0.05, 0) is 29.7 Å². The van der Waals surface area contributed by atoms with Crippen LogP contribution in [-0.2, 0) is 11.3 Å². The number of nitrogens with zero attached hydrogens (tertiary/aromatic N) is 2. The maximum absolute atomic E-state index is 12.6. The van der Waals surface area contributed by atoms with Crippen LogP contribution in [0.15, 0.2) is 73.3 Å². The summed E-state index contributed by atoms with van der Waals surface area (Å²) in [6.07, 6.45) is 6.24. The van der Waals surface area contributed by atoms with Gasteiger partial charge in [0.1, 0.15) is 0 Å². The third kappa shape index (κ3) is 3.90. The SMILES string of the molecule is CCC(C(=O)Nc1cccc(Cn2ccnc2)c1)c1ccccc1. The highest BCUT2D eigenvalue weighted by Crippen LogP contribution is 2.22. The number of rotatable bonds is 6. The van der Waals surface area contributed by atoms with E-state index in [0.29, 0.717) is 0 Å². The summed E-state index contributed by atoms with van der Waals surface area (Å²) in [5.41, 5.74) is 3.00. The summed E-state index contributed by atoms with van der Waals surface area (Å²) in [6, 6.07) is 17.9. The second kappa shape index (κ2) is 7.59. The Bertz CT molecular complexity index is 782. The van der Waals surface area contributed by atoms with Crippen molar-refractivity contribution < 1.29 is 4.79 Å². The number of nitrogens with one attached hydrogen (secondary N) is 1. The smallest absolute Gasteiger partial charge is 0.231 e. The van der Waals surface area contributed by atoms with E-state index in [0.717, 1.165) is 29.8 Å². The summed E-state index contributed by atoms with van der Waals surface area (Å²) < 4.78 is 2.00. The van der Waals surface area contributed by atoms with Gasteiger partial charge >= 0.3 is 0 Å². The predicted octanol–water partition coefficient (Wildman–Crippen LogP) is 4.06. The van der Waals surface area contributed by atoms with Gasteiger partial charge in [0.25, 0.3) is 0 Å². The van der Waals surface area contributed by atoms with Crippen molar-refractivity contribution in [1.29, 1.82) is 0 Å². The molecule has 1 aromatic heterocycles. The van der Waals surface area contributed by atoms with Crippen LogP contribution >= 0.6 is 0 Å². The topological polar surface area (TPSA) is 46.9 Å². The summed E-state index contributed by atoms with van der Waals surface area (Å²) in [5, 5.41) is 3.05. The monoisotopic (exact) mass is 319 g/mol. The molecule has 3 rings (SSSR count). The fourth-order valence-corrected chi connectivity index (χ4v) is 2.83. The Labute approximate surface area is 142 Å². The molecule has 24 heavy (non-hydrogen) atoms. The summed E-state index contributed by atoms with van der Waals surface area (Å²) >= 11 is 0. The molecule has 0 aliphatic rings. The van der Waals surface area contributed by atoms with Crippen molar-refractivity contribution in [2.45, 2.75) is 25.8 Å². The average Bonchev–Trinajstić information content (AvgIpc) is 3.10. The second-order valence-electron chi connectivity index (χ2n) is 5.80. The first-order valence-corrected chi connectivity index (χ1v) is 8.16. The van der Waals surface area contributed by atoms with E-state index >= 15 is 0 Å². The molecule has 0 radical (unpaired) electrons. The molecule has 3 aromatic rings. The van der Waals surface area contributed by atoms with Gasteiger partial charge in [-0.3, -0.25) is 4.79 Å². The number of amides is 1. The number of aromatic nitrogens is 2. The van der Waals surface area contributed by atoms with Crippen LogP contribution in [0.2, 0.25) is 0 Å². The van der Waals surface area contributed by atoms with Crippen LogP contribution in [0.5, 0.6) is 0 Å². The molecule has 1 heterocycles. The first-order chi connectivity index (χ1) is 11.8. The highest BCUT2D eigenvalue weighted by Gasteiger charge is 2.18. The minimum Gasteiger partial charge on any atom is -0.333 e. The molecule has 4 nitrogen and oxygen atoms in total. The van der Waals surface area contributed by atoms with Crippen LogP contribution in [0.3, 0.4) is 0 Å². The lowest BCUT2D eigenvalue weighted by Crippen LogP contribution is -2.20. The average molecular weight is 319 g/mol. The zero-order valence-corrected chi connectivity index (χ0v) is 13.7. The fourth-order valence-electron chi connectivity index (χ4n) is 2.83. The number of imidazole rings is 1. The third-order valence-corrected chi connectivity index (χ3v) is 4.05. The van der Waals surface area contributed by atoms with Crippen molar-refractivity contribution in [3.8, 4) is 0 Å². The van der Waals surface area contributed by atoms with E-state index in [4.69, 9.17) is 0 Å². The zero-order chi connectivity index (χ0) is 16.8. The van der Waals surface area contributed by atoms with Gasteiger partial charge in [-0.25, -0.2) is 4.98 Å². The number of hydrogen-bond donors (Lipinski definition) is 1. The van der Waals surface area contributed by atoms with Crippen molar-refractivity contribution >= 4 is 11.6 Å². The molecule has 4 heteroatoms. The summed E-state index contributed by atoms with van der Waals surface area (Å²) in [5.74, 6) is -0.105. The highest BCUT2D eigenvalue weighted by atomic mass is 16.1. The Morgan fingerprint density at radius 2 is 2.00 bits per heavy atom. The molecule has 0 aliphatic heterocycles. The van der Waals surface area contributed by atoms with Crippen molar-refractivity contribution in [3.05, 3.63) is 84.4 Å². The maximum atomic E-state index is 12.6. The lowest BCUT2D eigenvalue weighted by atomic mass is 9.95. The molecule has 2 aromatic carbocycles. The molecule has 1 amide bonds. The Balaban J connectivity index is 1.72. The van der Waals surface area contributed by atoms with E-state index in [1.165, 1.54) is 0 Å². The lowest BCUT2D eigenvalue weighted by Gasteiger charge is -2.16. The molecular weight excluding hydrogens is 298 g/mol. The van der Waals surface area contributed by atoms with E-state index in [-0.39, 0.29) is 11.8 Å². The lowest BCUT2D eigenvalue weighted by molar-refractivity contribution is -0.117. The zero-order valence-electron chi connectivity index (χ0n) is 13.7. The number of hydrogen-bond acceptors (Lipinski definition) is 2. The van der Waals surface area contributed by atoms with Crippen LogP contribution in [0.25, 0.3) is 0 Å². The van der Waals surface area contributed by atoms with Crippen molar-refractivity contribution in [3.63, 3.8) is 0 Å². The Morgan fingerprint density at radius 1 is 1.17 bits per heavy atom. The van der Waals surface area contributed by atoms with Crippen LogP contribution in [0, 0.1) is 0 Å². The van der Waals surface area contributed by atoms with Crippen LogP contribution < -0.4 is 5.32 Å². The molecule has 1 N–H and O–H groups in total. The van der Waals surface area contributed by atoms with Gasteiger partial charge in [0.05, 0.1) is 12.2 Å². The van der Waals surface area contributed by atoms with E-state index in [1.54, 1.807) is 12.5 Å². The molecule has 0 bridgehead atoms. The predicted molar refractivity (Wildman–Crippen MR) is 95.9 cm³/mol. The Morgan fingerprint density at radius 3 is 2.71 bits per heavy atom. The largest absolute Gasteiger partial charge is 0.333 e. The van der Waals surface area contributed by atoms with Gasteiger partial charge < -0.3 is 9.88 Å². The molecule has 1 unspecified atom stereocenters. The fraction of sp³-hybridized carbons (Fsp3) is 0.200. The van der Waals surface area contributed by atoms with Gasteiger partial charge in [0.15, 0.2) is 0 Å². The van der Waals surface area contributed by atoms with Crippen molar-refractivity contribution in [1.82, 2.24) is 9.55 Å². The van der Waals surface area contributed by atoms with E-state index in [2.05, 4.69) is 10.3 Å². The third-order valence-electron chi connectivity index (χ3n) is 4.05. The summed E-state index contributed by atoms with van der Waals surface area (Å²) in [7, 11) is 0. The number of benzene rings is 2. The van der Waals surface area contributed by atoms with Crippen molar-refractivity contribution in [2.24, 2.45) is 0 Å². The molecular formula is C20H21N3O. The van der Waals surface area contributed by atoms with Crippen LogP contribution in [0.1, 0.15) is 30.4 Å². The number of anilines is 1. The van der Waals surface area contributed by atoms with Gasteiger partial charge in [-0.2, -0.15) is 0 Å². The minimum atomic E-state index is -0.136. The van der Waals surface area contributed by atoms with Gasteiger partial charge in [0.2, 0.25) is 5.91 Å². The molecule has 0 spiro atoms. The Kier molecular flexibility index (Phi) is 5.06. The molecule has 1 atom stereocenters. The standard InChI is InChI=1S/C20H21N3O/c1-2-19(17-8-4-3-5-9-17)20(24)22-18-10-6-7-16(13-18)14-23-12-11-21-15-23/h3-13,15,19H,2,14H2,1H3,(H,22,24). The Hall–Kier alpha value is -2.88. The molecule has 0 saturated heterocycles. The molecule has 0 saturated carbocycles. The normalized spacial score (nSPS) is 11.9. The second-order valence-corrected chi connectivity index (χ2v) is 5.80. The van der Waals surface area contributed by atoms with Gasteiger partial charge in [-0.15, -0.1) is 0 Å².